The molecule has 0 radical (unpaired) electrons. The molecule has 1 aliphatic carbocycles. The largest absolute Gasteiger partial charge is 0.508 e. The molecule has 0 saturated heterocycles. The van der Waals surface area contributed by atoms with Gasteiger partial charge in [-0.2, -0.15) is 0 Å². The van der Waals surface area contributed by atoms with Crippen molar-refractivity contribution in [1.29, 1.82) is 0 Å². The van der Waals surface area contributed by atoms with E-state index in [0.717, 1.165) is 23.7 Å². The molecule has 1 fully saturated rings. The average molecular weight is 536 g/mol. The molecule has 0 unspecified atom stereocenters. The molecule has 5 nitrogen and oxygen atoms in total. The number of aromatic hydroxyl groups is 1. The fraction of sp³-hybridized carbons (Fsp3) is 0.375. The van der Waals surface area contributed by atoms with E-state index in [1.54, 1.807) is 42.5 Å². The van der Waals surface area contributed by atoms with E-state index < -0.39 is 10.0 Å². The maximum atomic E-state index is 11.9. The van der Waals surface area contributed by atoms with Gasteiger partial charge in [0.05, 0.1) is 4.90 Å². The Bertz CT molecular complexity index is 1220. The van der Waals surface area contributed by atoms with Gasteiger partial charge in [-0.15, -0.1) is 0 Å². The molecule has 1 aliphatic rings. The first-order chi connectivity index (χ1) is 18.3. The van der Waals surface area contributed by atoms with Gasteiger partial charge in [-0.1, -0.05) is 79.6 Å². The quantitative estimate of drug-likeness (QED) is 0.200. The summed E-state index contributed by atoms with van der Waals surface area (Å²) in [5, 5.41) is 9.61. The Morgan fingerprint density at radius 2 is 1.53 bits per heavy atom. The zero-order valence-corrected chi connectivity index (χ0v) is 23.4. The standard InChI is InChI=1S/C17H24O.C15H17NO3S/c1-17(2,18-16-12-4-3-5-13-16)14-8-11-15-9-6-7-10-15;17-15-11-5-4-7-13(15)8-6-12-16-20(18,19)14-9-2-1-3-10-14/h3-5,8,11-13,15H,6-7,9-10,14H2,1-2H3;1-5,7,9-11,16-17H,6,8,12H2/b11-8+;. The summed E-state index contributed by atoms with van der Waals surface area (Å²) < 4.78 is 32.5. The minimum Gasteiger partial charge on any atom is -0.508 e. The number of phenols is 1. The summed E-state index contributed by atoms with van der Waals surface area (Å²) in [5.74, 6) is 2.02. The van der Waals surface area contributed by atoms with E-state index >= 15 is 0 Å². The smallest absolute Gasteiger partial charge is 0.240 e. The number of rotatable bonds is 11. The molecule has 4 rings (SSSR count). The van der Waals surface area contributed by atoms with Crippen LogP contribution in [0.15, 0.2) is 102 Å². The van der Waals surface area contributed by atoms with Crippen LogP contribution in [0.25, 0.3) is 0 Å². The number of para-hydroxylation sites is 2. The first-order valence-corrected chi connectivity index (χ1v) is 15.0. The fourth-order valence-corrected chi connectivity index (χ4v) is 5.53. The lowest BCUT2D eigenvalue weighted by molar-refractivity contribution is 0.113. The number of ether oxygens (including phenoxy) is 1. The van der Waals surface area contributed by atoms with E-state index in [1.807, 2.05) is 42.5 Å². The van der Waals surface area contributed by atoms with Crippen LogP contribution in [0.3, 0.4) is 0 Å². The van der Waals surface area contributed by atoms with E-state index in [1.165, 1.54) is 25.7 Å². The molecular formula is C32H41NO4S. The van der Waals surface area contributed by atoms with Gasteiger partial charge in [0.1, 0.15) is 17.1 Å². The summed E-state index contributed by atoms with van der Waals surface area (Å²) in [6, 6.07) is 25.4. The minimum atomic E-state index is -3.44. The summed E-state index contributed by atoms with van der Waals surface area (Å²) in [6.07, 6.45) is 12.5. The van der Waals surface area contributed by atoms with Crippen molar-refractivity contribution >= 4 is 10.0 Å². The number of phenolic OH excluding ortho intramolecular Hbond substituents is 1. The summed E-state index contributed by atoms with van der Waals surface area (Å²) in [5.41, 5.74) is 0.697. The molecule has 0 amide bonds. The molecule has 3 aromatic carbocycles. The number of allylic oxidation sites excluding steroid dienone is 1. The second-order valence-corrected chi connectivity index (χ2v) is 12.1. The second-order valence-electron chi connectivity index (χ2n) is 10.3. The van der Waals surface area contributed by atoms with E-state index in [0.29, 0.717) is 19.4 Å². The predicted octanol–water partition coefficient (Wildman–Crippen LogP) is 7.28. The Hall–Kier alpha value is -3.09. The first-order valence-electron chi connectivity index (χ1n) is 13.5. The minimum absolute atomic E-state index is 0.129. The van der Waals surface area contributed by atoms with Crippen molar-refractivity contribution in [1.82, 2.24) is 4.72 Å². The third-order valence-corrected chi connectivity index (χ3v) is 7.99. The van der Waals surface area contributed by atoms with Crippen LogP contribution in [-0.4, -0.2) is 25.7 Å². The fourth-order valence-electron chi connectivity index (χ4n) is 4.43. The molecule has 204 valence electrons. The molecule has 0 aliphatic heterocycles. The number of hydrogen-bond acceptors (Lipinski definition) is 4. The van der Waals surface area contributed by atoms with Crippen molar-refractivity contribution in [2.75, 3.05) is 6.54 Å². The molecule has 0 heterocycles. The topological polar surface area (TPSA) is 75.6 Å². The van der Waals surface area contributed by atoms with Gasteiger partial charge in [0.2, 0.25) is 10.0 Å². The van der Waals surface area contributed by atoms with Crippen LogP contribution in [0.4, 0.5) is 0 Å². The highest BCUT2D eigenvalue weighted by Crippen LogP contribution is 2.27. The Morgan fingerprint density at radius 1 is 0.921 bits per heavy atom. The third-order valence-electron chi connectivity index (χ3n) is 6.51. The number of hydrogen-bond donors (Lipinski definition) is 2. The molecular weight excluding hydrogens is 494 g/mol. The molecule has 6 heteroatoms. The van der Waals surface area contributed by atoms with Gasteiger partial charge >= 0.3 is 0 Å². The van der Waals surface area contributed by atoms with Crippen molar-refractivity contribution in [3.05, 3.63) is 103 Å². The van der Waals surface area contributed by atoms with Crippen molar-refractivity contribution in [3.8, 4) is 11.5 Å². The maximum absolute atomic E-state index is 11.9. The van der Waals surface area contributed by atoms with Crippen LogP contribution in [0.1, 0.15) is 57.9 Å². The van der Waals surface area contributed by atoms with Gasteiger partial charge < -0.3 is 9.84 Å². The number of nitrogens with one attached hydrogen (secondary N) is 1. The van der Waals surface area contributed by atoms with Crippen LogP contribution >= 0.6 is 0 Å². The maximum Gasteiger partial charge on any atom is 0.240 e. The zero-order chi connectivity index (χ0) is 27.3. The summed E-state index contributed by atoms with van der Waals surface area (Å²) in [6.45, 7) is 4.64. The van der Waals surface area contributed by atoms with Crippen molar-refractivity contribution < 1.29 is 18.3 Å². The van der Waals surface area contributed by atoms with Gasteiger partial charge in [-0.25, -0.2) is 13.1 Å². The molecule has 0 aromatic heterocycles. The SMILES string of the molecule is CC(C)(C/C=C/C1CCCC1)Oc1ccccc1.O=S(=O)(NCCCc1ccccc1O)c1ccccc1. The lowest BCUT2D eigenvalue weighted by Gasteiger charge is -2.25. The number of benzene rings is 3. The molecule has 38 heavy (non-hydrogen) atoms. The number of aryl methyl sites for hydroxylation is 1. The monoisotopic (exact) mass is 535 g/mol. The van der Waals surface area contributed by atoms with Crippen molar-refractivity contribution in [3.63, 3.8) is 0 Å². The van der Waals surface area contributed by atoms with Crippen LogP contribution in [0, 0.1) is 5.92 Å². The molecule has 0 spiro atoms. The molecule has 1 saturated carbocycles. The molecule has 0 bridgehead atoms. The average Bonchev–Trinajstić information content (AvgIpc) is 3.42. The van der Waals surface area contributed by atoms with Crippen molar-refractivity contribution in [2.24, 2.45) is 5.92 Å². The van der Waals surface area contributed by atoms with Gasteiger partial charge in [-0.05, 0) is 81.3 Å². The van der Waals surface area contributed by atoms with Crippen molar-refractivity contribution in [2.45, 2.75) is 69.3 Å². The summed E-state index contributed by atoms with van der Waals surface area (Å²) >= 11 is 0. The number of sulfonamides is 1. The van der Waals surface area contributed by atoms with Crippen LogP contribution in [0.2, 0.25) is 0 Å². The normalized spacial score (nSPS) is 14.3. The van der Waals surface area contributed by atoms with E-state index in [2.05, 4.69) is 30.7 Å². The Morgan fingerprint density at radius 3 is 2.18 bits per heavy atom. The molecule has 0 atom stereocenters. The Labute approximate surface area is 228 Å². The zero-order valence-electron chi connectivity index (χ0n) is 22.6. The summed E-state index contributed by atoms with van der Waals surface area (Å²) in [7, 11) is -3.44. The lowest BCUT2D eigenvalue weighted by Crippen LogP contribution is -2.27. The summed E-state index contributed by atoms with van der Waals surface area (Å²) in [4.78, 5) is 0.266. The van der Waals surface area contributed by atoms with E-state index in [-0.39, 0.29) is 16.2 Å². The lowest BCUT2D eigenvalue weighted by atomic mass is 10.0. The second kappa shape index (κ2) is 14.7. The molecule has 2 N–H and O–H groups in total. The highest BCUT2D eigenvalue weighted by atomic mass is 32.2. The van der Waals surface area contributed by atoms with Crippen LogP contribution < -0.4 is 9.46 Å². The Balaban J connectivity index is 0.000000212. The van der Waals surface area contributed by atoms with Gasteiger partial charge in [0, 0.05) is 13.0 Å². The highest BCUT2D eigenvalue weighted by Gasteiger charge is 2.18. The van der Waals surface area contributed by atoms with Gasteiger partial charge in [-0.3, -0.25) is 0 Å². The van der Waals surface area contributed by atoms with Gasteiger partial charge in [0.25, 0.3) is 0 Å². The molecule has 3 aromatic rings. The Kier molecular flexibility index (Phi) is 11.4. The van der Waals surface area contributed by atoms with E-state index in [4.69, 9.17) is 4.74 Å². The van der Waals surface area contributed by atoms with Gasteiger partial charge in [0.15, 0.2) is 0 Å². The van der Waals surface area contributed by atoms with Crippen LogP contribution in [-0.2, 0) is 16.4 Å². The third kappa shape index (κ3) is 10.3. The highest BCUT2D eigenvalue weighted by molar-refractivity contribution is 7.89. The van der Waals surface area contributed by atoms with E-state index in [9.17, 15) is 13.5 Å². The first kappa shape index (κ1) is 29.5. The predicted molar refractivity (Wildman–Crippen MR) is 155 cm³/mol. The van der Waals surface area contributed by atoms with Crippen LogP contribution in [0.5, 0.6) is 11.5 Å².